The van der Waals surface area contributed by atoms with Gasteiger partial charge in [-0.25, -0.2) is 4.98 Å². The Morgan fingerprint density at radius 2 is 1.84 bits per heavy atom. The Kier molecular flexibility index (Phi) is 5.61. The molecule has 0 amide bonds. The van der Waals surface area contributed by atoms with Crippen molar-refractivity contribution in [2.45, 2.75) is 32.0 Å². The molecule has 2 aliphatic heterocycles. The summed E-state index contributed by atoms with van der Waals surface area (Å²) in [6, 6.07) is 16.3. The first-order chi connectivity index (χ1) is 15.1. The van der Waals surface area contributed by atoms with E-state index in [1.807, 2.05) is 42.6 Å². The zero-order valence-corrected chi connectivity index (χ0v) is 18.5. The van der Waals surface area contributed by atoms with Crippen LogP contribution in [0.3, 0.4) is 0 Å². The summed E-state index contributed by atoms with van der Waals surface area (Å²) in [4.78, 5) is 21.7. The summed E-state index contributed by atoms with van der Waals surface area (Å²) in [7, 11) is 0. The van der Waals surface area contributed by atoms with Crippen LogP contribution in [0.25, 0.3) is 11.1 Å². The smallest absolute Gasteiger partial charge is 0.177 e. The van der Waals surface area contributed by atoms with Crippen LogP contribution in [0.2, 0.25) is 0 Å². The third kappa shape index (κ3) is 4.28. The van der Waals surface area contributed by atoms with Crippen LogP contribution in [0.4, 0.5) is 5.82 Å². The van der Waals surface area contributed by atoms with Gasteiger partial charge in [-0.2, -0.15) is 0 Å². The van der Waals surface area contributed by atoms with E-state index in [9.17, 15) is 4.79 Å². The third-order valence-corrected chi connectivity index (χ3v) is 7.21. The highest BCUT2D eigenvalue weighted by atomic mass is 32.1. The second-order valence-corrected chi connectivity index (χ2v) is 9.42. The predicted octanol–water partition coefficient (Wildman–Crippen LogP) is 4.89. The van der Waals surface area contributed by atoms with Gasteiger partial charge in [0.15, 0.2) is 11.6 Å². The Morgan fingerprint density at radius 3 is 2.52 bits per heavy atom. The van der Waals surface area contributed by atoms with Crippen LogP contribution in [0, 0.1) is 6.92 Å². The average molecular weight is 435 g/mol. The van der Waals surface area contributed by atoms with E-state index in [0.717, 1.165) is 53.3 Å². The molecule has 2 fully saturated rings. The van der Waals surface area contributed by atoms with Crippen molar-refractivity contribution in [3.63, 3.8) is 0 Å². The van der Waals surface area contributed by atoms with E-state index in [-0.39, 0.29) is 11.6 Å². The number of aryl methyl sites for hydroxylation is 1. The number of rotatable bonds is 5. The van der Waals surface area contributed by atoms with Gasteiger partial charge in [-0.3, -0.25) is 4.79 Å². The number of benzene rings is 1. The van der Waals surface area contributed by atoms with E-state index in [4.69, 9.17) is 9.47 Å². The first kappa shape index (κ1) is 20.4. The molecule has 0 saturated carbocycles. The Balaban J connectivity index is 1.23. The number of pyridine rings is 1. The fourth-order valence-corrected chi connectivity index (χ4v) is 5.35. The molecule has 5 rings (SSSR count). The molecule has 6 heteroatoms. The number of Topliss-reactive ketones (excluding diaryl/α,β-unsaturated/α-hetero) is 1. The fourth-order valence-electron chi connectivity index (χ4n) is 4.37. The molecular formula is C25H26N2O3S. The minimum Gasteiger partial charge on any atom is -0.356 e. The van der Waals surface area contributed by atoms with Gasteiger partial charge in [0, 0.05) is 43.4 Å². The number of anilines is 1. The van der Waals surface area contributed by atoms with Crippen molar-refractivity contribution in [2.75, 3.05) is 31.2 Å². The minimum absolute atomic E-state index is 0.139. The second-order valence-electron chi connectivity index (χ2n) is 8.17. The van der Waals surface area contributed by atoms with E-state index in [1.165, 1.54) is 4.88 Å². The minimum atomic E-state index is -0.375. The van der Waals surface area contributed by atoms with Crippen molar-refractivity contribution in [1.29, 1.82) is 0 Å². The number of hydrogen-bond acceptors (Lipinski definition) is 6. The maximum atomic E-state index is 12.9. The van der Waals surface area contributed by atoms with Crippen molar-refractivity contribution in [3.05, 3.63) is 70.0 Å². The molecule has 3 aromatic rings. The lowest BCUT2D eigenvalue weighted by Gasteiger charge is -2.38. The number of piperidine rings is 1. The number of hydrogen-bond donors (Lipinski definition) is 0. The molecule has 4 heterocycles. The van der Waals surface area contributed by atoms with Crippen molar-refractivity contribution in [2.24, 2.45) is 0 Å². The Bertz CT molecular complexity index is 1050. The fraction of sp³-hybridized carbons (Fsp3) is 0.360. The molecule has 2 aliphatic rings. The SMILES string of the molecule is Cc1sc(C(=O)Cc2ccc(N3CCC4(CC3)OCCO4)nc2)cc1-c1ccccc1. The monoisotopic (exact) mass is 434 g/mol. The maximum absolute atomic E-state index is 12.9. The summed E-state index contributed by atoms with van der Waals surface area (Å²) in [5.41, 5.74) is 3.23. The molecule has 2 aromatic heterocycles. The van der Waals surface area contributed by atoms with Gasteiger partial charge in [-0.15, -0.1) is 11.3 Å². The van der Waals surface area contributed by atoms with Crippen LogP contribution >= 0.6 is 11.3 Å². The van der Waals surface area contributed by atoms with Crippen LogP contribution < -0.4 is 4.90 Å². The molecule has 0 bridgehead atoms. The van der Waals surface area contributed by atoms with E-state index in [0.29, 0.717) is 19.6 Å². The average Bonchev–Trinajstić information content (AvgIpc) is 3.42. The highest BCUT2D eigenvalue weighted by molar-refractivity contribution is 7.14. The van der Waals surface area contributed by atoms with Crippen molar-refractivity contribution in [1.82, 2.24) is 4.98 Å². The van der Waals surface area contributed by atoms with Crippen LogP contribution in [0.5, 0.6) is 0 Å². The molecule has 31 heavy (non-hydrogen) atoms. The second kappa shape index (κ2) is 8.54. The maximum Gasteiger partial charge on any atom is 0.177 e. The largest absolute Gasteiger partial charge is 0.356 e. The van der Waals surface area contributed by atoms with Gasteiger partial charge < -0.3 is 14.4 Å². The number of ether oxygens (including phenoxy) is 2. The molecule has 160 valence electrons. The standard InChI is InChI=1S/C25H26N2O3S/c1-18-21(20-5-3-2-4-6-20)16-23(31-18)22(28)15-19-7-8-24(26-17-19)27-11-9-25(10-12-27)29-13-14-30-25/h2-8,16-17H,9-15H2,1H3. The van der Waals surface area contributed by atoms with Crippen molar-refractivity contribution < 1.29 is 14.3 Å². The van der Waals surface area contributed by atoms with Gasteiger partial charge >= 0.3 is 0 Å². The van der Waals surface area contributed by atoms with Crippen molar-refractivity contribution in [3.8, 4) is 11.1 Å². The molecule has 0 N–H and O–H groups in total. The molecule has 0 aliphatic carbocycles. The summed E-state index contributed by atoms with van der Waals surface area (Å²) < 4.78 is 11.6. The summed E-state index contributed by atoms with van der Waals surface area (Å²) >= 11 is 1.57. The van der Waals surface area contributed by atoms with E-state index < -0.39 is 0 Å². The van der Waals surface area contributed by atoms with Gasteiger partial charge in [0.05, 0.1) is 18.1 Å². The molecule has 0 unspecified atom stereocenters. The van der Waals surface area contributed by atoms with Gasteiger partial charge in [-0.1, -0.05) is 36.4 Å². The molecule has 1 aromatic carbocycles. The Morgan fingerprint density at radius 1 is 1.10 bits per heavy atom. The predicted molar refractivity (Wildman–Crippen MR) is 123 cm³/mol. The Labute approximate surface area is 186 Å². The Hall–Kier alpha value is -2.54. The van der Waals surface area contributed by atoms with Crippen molar-refractivity contribution >= 4 is 22.9 Å². The lowest BCUT2D eigenvalue weighted by molar-refractivity contribution is -0.169. The van der Waals surface area contributed by atoms with Gasteiger partial charge in [0.2, 0.25) is 0 Å². The lowest BCUT2D eigenvalue weighted by atomic mass is 10.0. The van der Waals surface area contributed by atoms with Gasteiger partial charge in [0.25, 0.3) is 0 Å². The molecule has 0 radical (unpaired) electrons. The van der Waals surface area contributed by atoms with E-state index in [1.54, 1.807) is 11.3 Å². The number of ketones is 1. The van der Waals surface area contributed by atoms with Gasteiger partial charge in [-0.05, 0) is 35.7 Å². The first-order valence-electron chi connectivity index (χ1n) is 10.8. The molecule has 2 saturated heterocycles. The van der Waals surface area contributed by atoms with Crippen LogP contribution in [0.15, 0.2) is 54.7 Å². The van der Waals surface area contributed by atoms with Crippen LogP contribution in [-0.2, 0) is 15.9 Å². The van der Waals surface area contributed by atoms with Crippen LogP contribution in [0.1, 0.15) is 33.0 Å². The molecule has 1 spiro atoms. The summed E-state index contributed by atoms with van der Waals surface area (Å²) in [5.74, 6) is 0.711. The normalized spacial score (nSPS) is 17.9. The van der Waals surface area contributed by atoms with Crippen LogP contribution in [-0.4, -0.2) is 42.9 Å². The number of aromatic nitrogens is 1. The quantitative estimate of drug-likeness (QED) is 0.536. The van der Waals surface area contributed by atoms with E-state index in [2.05, 4.69) is 28.9 Å². The summed E-state index contributed by atoms with van der Waals surface area (Å²) in [6.07, 6.45) is 3.91. The number of carbonyl (C=O) groups excluding carboxylic acids is 1. The number of carbonyl (C=O) groups is 1. The first-order valence-corrected chi connectivity index (χ1v) is 11.6. The number of thiophene rings is 1. The highest BCUT2D eigenvalue weighted by Crippen LogP contribution is 2.33. The molecule has 5 nitrogen and oxygen atoms in total. The topological polar surface area (TPSA) is 51.7 Å². The zero-order valence-electron chi connectivity index (χ0n) is 17.7. The highest BCUT2D eigenvalue weighted by Gasteiger charge is 2.40. The number of nitrogens with zero attached hydrogens (tertiary/aromatic N) is 2. The molecule has 0 atom stereocenters. The summed E-state index contributed by atoms with van der Waals surface area (Å²) in [5, 5.41) is 0. The third-order valence-electron chi connectivity index (χ3n) is 6.11. The zero-order chi connectivity index (χ0) is 21.3. The lowest BCUT2D eigenvalue weighted by Crippen LogP contribution is -2.45. The summed E-state index contributed by atoms with van der Waals surface area (Å²) in [6.45, 7) is 5.18. The molecular weight excluding hydrogens is 408 g/mol. The van der Waals surface area contributed by atoms with E-state index >= 15 is 0 Å². The van der Waals surface area contributed by atoms with Gasteiger partial charge in [0.1, 0.15) is 5.82 Å².